The molecule has 0 atom stereocenters. The van der Waals surface area contributed by atoms with E-state index >= 15 is 0 Å². The van der Waals surface area contributed by atoms with Crippen LogP contribution < -0.4 is 5.32 Å². The van der Waals surface area contributed by atoms with E-state index in [1.165, 1.54) is 28.0 Å². The molecule has 0 bridgehead atoms. The maximum Gasteiger partial charge on any atom is 0.0231 e. The topological polar surface area (TPSA) is 12.0 Å². The Hall–Kier alpha value is -1.25. The highest BCUT2D eigenvalue weighted by Gasteiger charge is 1.99. The van der Waals surface area contributed by atoms with Gasteiger partial charge < -0.3 is 5.32 Å². The number of aryl methyl sites for hydroxylation is 1. The minimum Gasteiger partial charge on any atom is -0.313 e. The van der Waals surface area contributed by atoms with Gasteiger partial charge in [0.2, 0.25) is 0 Å². The van der Waals surface area contributed by atoms with Crippen molar-refractivity contribution < 1.29 is 0 Å². The Labute approximate surface area is 126 Å². The van der Waals surface area contributed by atoms with Gasteiger partial charge >= 0.3 is 0 Å². The molecule has 0 aromatic heterocycles. The van der Waals surface area contributed by atoms with Crippen LogP contribution in [0.2, 0.25) is 0 Å². The van der Waals surface area contributed by atoms with Gasteiger partial charge in [0.05, 0.1) is 0 Å². The predicted molar refractivity (Wildman–Crippen MR) is 89.2 cm³/mol. The van der Waals surface area contributed by atoms with Crippen LogP contribution in [0.4, 0.5) is 0 Å². The van der Waals surface area contributed by atoms with Gasteiger partial charge in [-0.15, -0.1) is 11.8 Å². The zero-order valence-electron chi connectivity index (χ0n) is 12.4. The first kappa shape index (κ1) is 15.1. The van der Waals surface area contributed by atoms with Gasteiger partial charge in [0.1, 0.15) is 0 Å². The maximum atomic E-state index is 3.45. The van der Waals surface area contributed by atoms with Gasteiger partial charge in [-0.2, -0.15) is 0 Å². The molecule has 2 heteroatoms. The third-order valence-electron chi connectivity index (χ3n) is 3.18. The SMILES string of the molecule is CCCNCc1cccc(SCc2ccc(C)cc2)c1. The average Bonchev–Trinajstić information content (AvgIpc) is 2.47. The lowest BCUT2D eigenvalue weighted by molar-refractivity contribution is 0.674. The molecule has 0 saturated carbocycles. The first-order chi connectivity index (χ1) is 9.78. The normalized spacial score (nSPS) is 10.7. The summed E-state index contributed by atoms with van der Waals surface area (Å²) in [6.07, 6.45) is 1.18. The Morgan fingerprint density at radius 1 is 1.00 bits per heavy atom. The van der Waals surface area contributed by atoms with E-state index in [1.54, 1.807) is 0 Å². The van der Waals surface area contributed by atoms with Crippen LogP contribution in [0.1, 0.15) is 30.0 Å². The van der Waals surface area contributed by atoms with Crippen molar-refractivity contribution in [3.05, 3.63) is 65.2 Å². The van der Waals surface area contributed by atoms with Crippen LogP contribution in [0, 0.1) is 6.92 Å². The molecular weight excluding hydrogens is 262 g/mol. The summed E-state index contributed by atoms with van der Waals surface area (Å²) in [6, 6.07) is 17.6. The molecule has 0 radical (unpaired) electrons. The van der Waals surface area contributed by atoms with E-state index in [9.17, 15) is 0 Å². The van der Waals surface area contributed by atoms with Crippen molar-refractivity contribution in [3.8, 4) is 0 Å². The Balaban J connectivity index is 1.89. The third kappa shape index (κ3) is 5.03. The molecule has 106 valence electrons. The molecule has 20 heavy (non-hydrogen) atoms. The summed E-state index contributed by atoms with van der Waals surface area (Å²) in [5.41, 5.74) is 4.07. The van der Waals surface area contributed by atoms with E-state index < -0.39 is 0 Å². The molecule has 0 heterocycles. The molecule has 2 aromatic carbocycles. The lowest BCUT2D eigenvalue weighted by Crippen LogP contribution is -2.13. The molecule has 1 N–H and O–H groups in total. The second-order valence-corrected chi connectivity index (χ2v) is 6.15. The summed E-state index contributed by atoms with van der Waals surface area (Å²) in [5.74, 6) is 1.03. The molecule has 0 aliphatic heterocycles. The van der Waals surface area contributed by atoms with Crippen LogP contribution in [0.3, 0.4) is 0 Å². The fraction of sp³-hybridized carbons (Fsp3) is 0.333. The molecule has 0 saturated heterocycles. The summed E-state index contributed by atoms with van der Waals surface area (Å²) in [7, 11) is 0. The minimum atomic E-state index is 0.965. The summed E-state index contributed by atoms with van der Waals surface area (Å²) in [6.45, 7) is 6.37. The van der Waals surface area contributed by atoms with Crippen LogP contribution in [0.25, 0.3) is 0 Å². The average molecular weight is 285 g/mol. The molecule has 0 fully saturated rings. The molecular formula is C18H23NS. The maximum absolute atomic E-state index is 3.45. The smallest absolute Gasteiger partial charge is 0.0231 e. The van der Waals surface area contributed by atoms with Gasteiger partial charge in [0, 0.05) is 17.2 Å². The van der Waals surface area contributed by atoms with Crippen molar-refractivity contribution in [2.24, 2.45) is 0 Å². The lowest BCUT2D eigenvalue weighted by atomic mass is 10.2. The Morgan fingerprint density at radius 3 is 2.55 bits per heavy atom. The summed E-state index contributed by atoms with van der Waals surface area (Å²) in [5, 5.41) is 3.45. The zero-order chi connectivity index (χ0) is 14.2. The van der Waals surface area contributed by atoms with Crippen molar-refractivity contribution in [3.63, 3.8) is 0 Å². The van der Waals surface area contributed by atoms with E-state index in [-0.39, 0.29) is 0 Å². The molecule has 2 rings (SSSR count). The monoisotopic (exact) mass is 285 g/mol. The highest BCUT2D eigenvalue weighted by Crippen LogP contribution is 2.23. The third-order valence-corrected chi connectivity index (χ3v) is 4.25. The number of thioether (sulfide) groups is 1. The second kappa shape index (κ2) is 8.13. The van der Waals surface area contributed by atoms with Crippen LogP contribution >= 0.6 is 11.8 Å². The fourth-order valence-corrected chi connectivity index (χ4v) is 2.94. The van der Waals surface area contributed by atoms with Gasteiger partial charge in [-0.1, -0.05) is 48.9 Å². The number of hydrogen-bond acceptors (Lipinski definition) is 2. The molecule has 0 amide bonds. The number of nitrogens with one attached hydrogen (secondary N) is 1. The van der Waals surface area contributed by atoms with Crippen molar-refractivity contribution in [1.82, 2.24) is 5.32 Å². The molecule has 0 aliphatic rings. The zero-order valence-corrected chi connectivity index (χ0v) is 13.2. The Morgan fingerprint density at radius 2 is 1.80 bits per heavy atom. The van der Waals surface area contributed by atoms with Gasteiger partial charge in [0.25, 0.3) is 0 Å². The lowest BCUT2D eigenvalue weighted by Gasteiger charge is -2.07. The van der Waals surface area contributed by atoms with Gasteiger partial charge in [-0.3, -0.25) is 0 Å². The van der Waals surface area contributed by atoms with Crippen molar-refractivity contribution in [2.45, 2.75) is 37.5 Å². The summed E-state index contributed by atoms with van der Waals surface area (Å²) < 4.78 is 0. The minimum absolute atomic E-state index is 0.965. The Bertz CT molecular complexity index is 519. The van der Waals surface area contributed by atoms with Crippen LogP contribution in [-0.4, -0.2) is 6.54 Å². The second-order valence-electron chi connectivity index (χ2n) is 5.10. The fourth-order valence-electron chi connectivity index (χ4n) is 2.01. The molecule has 0 aliphatic carbocycles. The first-order valence-corrected chi connectivity index (χ1v) is 8.24. The van der Waals surface area contributed by atoms with Crippen molar-refractivity contribution >= 4 is 11.8 Å². The van der Waals surface area contributed by atoms with E-state index in [4.69, 9.17) is 0 Å². The van der Waals surface area contributed by atoms with Gasteiger partial charge in [-0.25, -0.2) is 0 Å². The quantitative estimate of drug-likeness (QED) is 0.580. The number of benzene rings is 2. The predicted octanol–water partition coefficient (Wildman–Crippen LogP) is 4.79. The van der Waals surface area contributed by atoms with Crippen molar-refractivity contribution in [1.29, 1.82) is 0 Å². The molecule has 0 unspecified atom stereocenters. The highest BCUT2D eigenvalue weighted by atomic mass is 32.2. The molecule has 1 nitrogen and oxygen atoms in total. The van der Waals surface area contributed by atoms with Crippen molar-refractivity contribution in [2.75, 3.05) is 6.54 Å². The molecule has 2 aromatic rings. The number of hydrogen-bond donors (Lipinski definition) is 1. The largest absolute Gasteiger partial charge is 0.313 e. The van der Waals surface area contributed by atoms with E-state index in [1.807, 2.05) is 11.8 Å². The van der Waals surface area contributed by atoms with E-state index in [0.29, 0.717) is 0 Å². The Kier molecular flexibility index (Phi) is 6.16. The van der Waals surface area contributed by atoms with Crippen LogP contribution in [0.5, 0.6) is 0 Å². The van der Waals surface area contributed by atoms with Gasteiger partial charge in [-0.05, 0) is 43.1 Å². The number of rotatable bonds is 7. The van der Waals surface area contributed by atoms with E-state index in [0.717, 1.165) is 18.8 Å². The van der Waals surface area contributed by atoms with Gasteiger partial charge in [0.15, 0.2) is 0 Å². The first-order valence-electron chi connectivity index (χ1n) is 7.26. The van der Waals surface area contributed by atoms with Crippen LogP contribution in [0.15, 0.2) is 53.4 Å². The molecule has 0 spiro atoms. The standard InChI is InChI=1S/C18H23NS/c1-3-11-19-13-17-5-4-6-18(12-17)20-14-16-9-7-15(2)8-10-16/h4-10,12,19H,3,11,13-14H2,1-2H3. The van der Waals surface area contributed by atoms with Crippen LogP contribution in [-0.2, 0) is 12.3 Å². The summed E-state index contributed by atoms with van der Waals surface area (Å²) >= 11 is 1.90. The summed E-state index contributed by atoms with van der Waals surface area (Å²) in [4.78, 5) is 1.35. The highest BCUT2D eigenvalue weighted by molar-refractivity contribution is 7.98. The van der Waals surface area contributed by atoms with E-state index in [2.05, 4.69) is 67.7 Å².